The van der Waals surface area contributed by atoms with E-state index in [0.717, 1.165) is 70.7 Å². The van der Waals surface area contributed by atoms with E-state index in [1.165, 1.54) is 0 Å². The number of nitrogens with zero attached hydrogens (tertiary/aromatic N) is 3. The molecule has 2 heterocycles. The molecule has 16 nitrogen and oxygen atoms in total. The minimum Gasteiger partial charge on any atom is -0.487 e. The fourth-order valence-corrected chi connectivity index (χ4v) is 12.9. The summed E-state index contributed by atoms with van der Waals surface area (Å²) in [6.07, 6.45) is -7.61. The topological polar surface area (TPSA) is 199 Å². The molecule has 0 amide bonds. The molecule has 0 bridgehead atoms. The lowest BCUT2D eigenvalue weighted by molar-refractivity contribution is -0.343. The molecule has 0 spiro atoms. The molecule has 5 rings (SSSR count). The average Bonchev–Trinajstić information content (AvgIpc) is 3.30. The minimum atomic E-state index is -2.65. The number of carbonyl (C=O) groups excluding carboxylic acids is 2. The Kier molecular flexibility index (Phi) is 20.5. The molecule has 0 aliphatic carbocycles. The van der Waals surface area contributed by atoms with E-state index in [4.69, 9.17) is 87.3 Å². The number of benzene rings is 3. The number of ether oxygens (including phenoxy) is 9. The zero-order chi connectivity index (χ0) is 47.7. The van der Waals surface area contributed by atoms with E-state index < -0.39 is 91.5 Å². The van der Waals surface area contributed by atoms with Crippen molar-refractivity contribution in [3.05, 3.63) is 101 Å². The predicted octanol–water partition coefficient (Wildman–Crippen LogP) is 10.6. The van der Waals surface area contributed by atoms with Crippen LogP contribution in [0.5, 0.6) is 17.2 Å². The van der Waals surface area contributed by atoms with Crippen LogP contribution >= 0.6 is 34.8 Å². The molecule has 2 aliphatic heterocycles. The Balaban J connectivity index is 1.71. The highest BCUT2D eigenvalue weighted by molar-refractivity contribution is 6.76. The van der Waals surface area contributed by atoms with Crippen molar-refractivity contribution in [2.75, 3.05) is 7.11 Å². The highest BCUT2D eigenvalue weighted by Gasteiger charge is 2.59. The van der Waals surface area contributed by atoms with Gasteiger partial charge in [0.15, 0.2) is 26.8 Å². The molecule has 0 radical (unpaired) electrons. The van der Waals surface area contributed by atoms with Gasteiger partial charge < -0.3 is 47.1 Å². The van der Waals surface area contributed by atoms with E-state index >= 15 is 0 Å². The summed E-state index contributed by atoms with van der Waals surface area (Å²) < 4.78 is 61.7. The van der Waals surface area contributed by atoms with Crippen LogP contribution in [0, 0.1) is 5.41 Å². The highest BCUT2D eigenvalue weighted by Crippen LogP contribution is 2.41. The van der Waals surface area contributed by atoms with Gasteiger partial charge in [-0.05, 0) is 60.1 Å². The molecule has 66 heavy (non-hydrogen) atoms. The summed E-state index contributed by atoms with van der Waals surface area (Å²) in [5.74, 6) is -1.64. The number of methoxy groups -OCH3 is 1. The fraction of sp³-hybridized carbons (Fsp3) is 0.543. The molecule has 20 heteroatoms. The van der Waals surface area contributed by atoms with E-state index in [9.17, 15) is 15.1 Å². The number of hydrogen-bond acceptors (Lipinski definition) is 14. The molecular formula is C46H59Cl3N4O12Si. The molecule has 3 aromatic rings. The maximum Gasteiger partial charge on any atom is 0.338 e. The molecule has 0 aromatic heterocycles. The zero-order valence-electron chi connectivity index (χ0n) is 37.7. The van der Waals surface area contributed by atoms with Crippen molar-refractivity contribution in [1.82, 2.24) is 0 Å². The molecule has 360 valence electrons. The number of esters is 2. The Morgan fingerprint density at radius 2 is 1.20 bits per heavy atom. The molecule has 2 saturated heterocycles. The Hall–Kier alpha value is -4.29. The number of halogens is 3. The molecule has 3 aromatic carbocycles. The molecule has 10 atom stereocenters. The average molecular weight is 994 g/mol. The number of hydrogen-bond donors (Lipinski definition) is 1. The fourth-order valence-electron chi connectivity index (χ4n) is 7.87. The Bertz CT molecular complexity index is 2000. The second-order valence-corrected chi connectivity index (χ2v) is 22.3. The van der Waals surface area contributed by atoms with Crippen LogP contribution in [0.4, 0.5) is 0 Å². The minimum absolute atomic E-state index is 0.238. The summed E-state index contributed by atoms with van der Waals surface area (Å²) in [6, 6.07) is 27.6. The first-order valence-corrected chi connectivity index (χ1v) is 25.8. The van der Waals surface area contributed by atoms with Crippen LogP contribution in [0.25, 0.3) is 10.4 Å². The van der Waals surface area contributed by atoms with E-state index in [1.54, 1.807) is 54.6 Å². The molecular weight excluding hydrogens is 935 g/mol. The number of azide groups is 1. The van der Waals surface area contributed by atoms with Crippen LogP contribution in [0.2, 0.25) is 18.1 Å². The van der Waals surface area contributed by atoms with E-state index in [2.05, 4.69) is 30.8 Å². The Morgan fingerprint density at radius 3 is 1.65 bits per heavy atom. The lowest BCUT2D eigenvalue weighted by atomic mass is 9.96. The second kappa shape index (κ2) is 25.7. The van der Waals surface area contributed by atoms with Crippen molar-refractivity contribution in [3.63, 3.8) is 0 Å². The standard InChI is InChI=1S/C46H59Cl3N4O12Si/c1-6-9-27-66(28-10-7-2,29-11-8-3)65-40-35(58-31-21-15-12-16-22-31)34(52-53-51)42(63-44(40)60-33-25-19-14-20-26-33)61-36-37(59-32-23-17-13-18-24-32)39(57-30(4)54)43(62-38(36)41(55)56-5)64-45(50)46(47,48)49/h12-26,34-40,42-44,50H,6-11,27-29H2,1-5H3/t34-,35-,36-,37+,38+,39-,40+,42-,43-,44+/m1/s1. The van der Waals surface area contributed by atoms with Crippen LogP contribution in [0.1, 0.15) is 66.2 Å². The third kappa shape index (κ3) is 14.6. The largest absolute Gasteiger partial charge is 0.487 e. The van der Waals surface area contributed by atoms with Gasteiger partial charge in [-0.2, -0.15) is 0 Å². The summed E-state index contributed by atoms with van der Waals surface area (Å²) in [6.45, 7) is 7.59. The summed E-state index contributed by atoms with van der Waals surface area (Å²) in [5, 5.41) is 12.6. The van der Waals surface area contributed by atoms with Crippen LogP contribution in [-0.2, 0) is 42.4 Å². The molecule has 2 fully saturated rings. The van der Waals surface area contributed by atoms with Crippen molar-refractivity contribution in [1.29, 1.82) is 5.41 Å². The quantitative estimate of drug-likeness (QED) is 0.0138. The smallest absolute Gasteiger partial charge is 0.338 e. The SMILES string of the molecule is CCCC[Si](CCCC)(CCCC)O[C@@H]1[C@@H](Oc2ccccc2)O[C@@H](O[C@@H]2[C@H](Oc3ccccc3)[C@@H](OC(C)=O)[C@@H](OC(=N)C(Cl)(Cl)Cl)O[C@@H]2C(=O)OC)[C@H](N=[N+]=[N-])[C@H]1Oc1ccccc1. The van der Waals surface area contributed by atoms with Gasteiger partial charge in [0.2, 0.25) is 24.6 Å². The van der Waals surface area contributed by atoms with Crippen molar-refractivity contribution in [3.8, 4) is 17.2 Å². The van der Waals surface area contributed by atoms with Crippen molar-refractivity contribution in [2.45, 2.75) is 150 Å². The second-order valence-electron chi connectivity index (χ2n) is 15.9. The lowest BCUT2D eigenvalue weighted by Crippen LogP contribution is -2.68. The summed E-state index contributed by atoms with van der Waals surface area (Å²) in [4.78, 5) is 30.0. The number of nitrogens with one attached hydrogen (secondary N) is 1. The number of alkyl halides is 3. The van der Waals surface area contributed by atoms with Gasteiger partial charge in [0.05, 0.1) is 7.11 Å². The van der Waals surface area contributed by atoms with E-state index in [0.29, 0.717) is 11.5 Å². The van der Waals surface area contributed by atoms with Crippen molar-refractivity contribution in [2.24, 2.45) is 5.11 Å². The normalized spacial score (nSPS) is 25.4. The van der Waals surface area contributed by atoms with Gasteiger partial charge in [-0.25, -0.2) is 4.79 Å². The third-order valence-electron chi connectivity index (χ3n) is 11.0. The van der Waals surface area contributed by atoms with E-state index in [1.807, 2.05) is 36.4 Å². The zero-order valence-corrected chi connectivity index (χ0v) is 40.9. The van der Waals surface area contributed by atoms with Gasteiger partial charge in [0.25, 0.3) is 3.79 Å². The summed E-state index contributed by atoms with van der Waals surface area (Å²) in [7, 11) is -1.53. The number of rotatable bonds is 23. The summed E-state index contributed by atoms with van der Waals surface area (Å²) in [5.41, 5.74) is 10.3. The lowest BCUT2D eigenvalue weighted by Gasteiger charge is -2.50. The van der Waals surface area contributed by atoms with Crippen LogP contribution in [0.3, 0.4) is 0 Å². The number of carbonyl (C=O) groups is 2. The van der Waals surface area contributed by atoms with Gasteiger partial charge in [-0.1, -0.05) is 154 Å². The molecule has 2 aliphatic rings. The van der Waals surface area contributed by atoms with Crippen molar-refractivity contribution >= 4 is 61.0 Å². The monoisotopic (exact) mass is 992 g/mol. The first kappa shape index (κ1) is 52.7. The first-order valence-electron chi connectivity index (χ1n) is 22.2. The number of unbranched alkanes of at least 4 members (excludes halogenated alkanes) is 3. The molecule has 0 unspecified atom stereocenters. The Morgan fingerprint density at radius 1 is 0.697 bits per heavy atom. The Labute approximate surface area is 401 Å². The van der Waals surface area contributed by atoms with Crippen LogP contribution < -0.4 is 14.2 Å². The van der Waals surface area contributed by atoms with Gasteiger partial charge in [-0.3, -0.25) is 10.2 Å². The van der Waals surface area contributed by atoms with Crippen molar-refractivity contribution < 1.29 is 56.6 Å². The van der Waals surface area contributed by atoms with Gasteiger partial charge in [-0.15, -0.1) is 0 Å². The van der Waals surface area contributed by atoms with E-state index in [-0.39, 0.29) is 5.75 Å². The maximum atomic E-state index is 13.9. The summed E-state index contributed by atoms with van der Waals surface area (Å²) >= 11 is 18.0. The van der Waals surface area contributed by atoms with Gasteiger partial charge in [0, 0.05) is 11.8 Å². The molecule has 1 N–H and O–H groups in total. The molecule has 0 saturated carbocycles. The van der Waals surface area contributed by atoms with Crippen LogP contribution in [0.15, 0.2) is 96.1 Å². The van der Waals surface area contributed by atoms with Crippen LogP contribution in [-0.4, -0.2) is 98.6 Å². The third-order valence-corrected chi connectivity index (χ3v) is 16.1. The van der Waals surface area contributed by atoms with Gasteiger partial charge >= 0.3 is 11.9 Å². The van der Waals surface area contributed by atoms with Gasteiger partial charge in [0.1, 0.15) is 41.6 Å². The first-order chi connectivity index (χ1) is 31.8. The predicted molar refractivity (Wildman–Crippen MR) is 250 cm³/mol. The highest BCUT2D eigenvalue weighted by atomic mass is 35.6. The number of para-hydroxylation sites is 3. The maximum absolute atomic E-state index is 13.9.